The summed E-state index contributed by atoms with van der Waals surface area (Å²) in [6.07, 6.45) is 1.28. The average Bonchev–Trinajstić information content (AvgIpc) is 2.50. The molecule has 0 aliphatic carbocycles. The molecule has 0 saturated heterocycles. The second kappa shape index (κ2) is 6.90. The maximum atomic E-state index is 12.2. The minimum absolute atomic E-state index is 0.202. The summed E-state index contributed by atoms with van der Waals surface area (Å²) in [5, 5.41) is 12.1. The number of rotatable bonds is 5. The Labute approximate surface area is 124 Å². The van der Waals surface area contributed by atoms with Gasteiger partial charge in [-0.25, -0.2) is 0 Å². The van der Waals surface area contributed by atoms with E-state index in [2.05, 4.69) is 5.32 Å². The third-order valence-corrected chi connectivity index (χ3v) is 3.38. The van der Waals surface area contributed by atoms with Gasteiger partial charge in [0.15, 0.2) is 0 Å². The van der Waals surface area contributed by atoms with Crippen molar-refractivity contribution in [2.24, 2.45) is 5.73 Å². The van der Waals surface area contributed by atoms with Crippen molar-refractivity contribution in [1.29, 1.82) is 0 Å². The lowest BCUT2D eigenvalue weighted by atomic mass is 10.1. The van der Waals surface area contributed by atoms with Crippen LogP contribution in [-0.4, -0.2) is 17.1 Å². The SMILES string of the molecule is CCc1ccccc1NC(=O)[C@H](N)Cc1ccc(O)cc1. The van der Waals surface area contributed by atoms with Crippen molar-refractivity contribution in [3.05, 3.63) is 59.7 Å². The van der Waals surface area contributed by atoms with Crippen LogP contribution in [0.5, 0.6) is 5.75 Å². The number of hydrogen-bond acceptors (Lipinski definition) is 3. The maximum absolute atomic E-state index is 12.2. The normalized spacial score (nSPS) is 11.9. The smallest absolute Gasteiger partial charge is 0.241 e. The molecule has 0 unspecified atom stereocenters. The van der Waals surface area contributed by atoms with Gasteiger partial charge in [-0.3, -0.25) is 4.79 Å². The first kappa shape index (κ1) is 15.1. The number of aromatic hydroxyl groups is 1. The Morgan fingerprint density at radius 3 is 2.52 bits per heavy atom. The number of aryl methyl sites for hydroxylation is 1. The molecule has 0 bridgehead atoms. The van der Waals surface area contributed by atoms with E-state index in [-0.39, 0.29) is 11.7 Å². The van der Waals surface area contributed by atoms with Crippen molar-refractivity contribution in [2.45, 2.75) is 25.8 Å². The molecule has 0 heterocycles. The number of benzene rings is 2. The van der Waals surface area contributed by atoms with Gasteiger partial charge in [-0.2, -0.15) is 0 Å². The Balaban J connectivity index is 2.01. The topological polar surface area (TPSA) is 75.4 Å². The molecule has 2 aromatic carbocycles. The molecular formula is C17H20N2O2. The van der Waals surface area contributed by atoms with Gasteiger partial charge in [-0.05, 0) is 42.2 Å². The molecule has 4 N–H and O–H groups in total. The molecule has 110 valence electrons. The molecule has 1 atom stereocenters. The van der Waals surface area contributed by atoms with E-state index in [1.54, 1.807) is 24.3 Å². The van der Waals surface area contributed by atoms with Gasteiger partial charge >= 0.3 is 0 Å². The van der Waals surface area contributed by atoms with E-state index >= 15 is 0 Å². The Kier molecular flexibility index (Phi) is 4.95. The van der Waals surface area contributed by atoms with Crippen LogP contribution in [-0.2, 0) is 17.6 Å². The quantitative estimate of drug-likeness (QED) is 0.789. The summed E-state index contributed by atoms with van der Waals surface area (Å²) in [4.78, 5) is 12.2. The van der Waals surface area contributed by atoms with Gasteiger partial charge in [0.25, 0.3) is 0 Å². The number of para-hydroxylation sites is 1. The molecule has 4 nitrogen and oxygen atoms in total. The van der Waals surface area contributed by atoms with Crippen molar-refractivity contribution in [3.63, 3.8) is 0 Å². The first-order chi connectivity index (χ1) is 10.1. The molecule has 0 saturated carbocycles. The Morgan fingerprint density at radius 2 is 1.86 bits per heavy atom. The van der Waals surface area contributed by atoms with E-state index in [0.29, 0.717) is 6.42 Å². The summed E-state index contributed by atoms with van der Waals surface area (Å²) in [7, 11) is 0. The number of amides is 1. The van der Waals surface area contributed by atoms with Crippen LogP contribution in [0.25, 0.3) is 0 Å². The van der Waals surface area contributed by atoms with Crippen LogP contribution < -0.4 is 11.1 Å². The monoisotopic (exact) mass is 284 g/mol. The average molecular weight is 284 g/mol. The number of phenolic OH excluding ortho intramolecular Hbond substituents is 1. The lowest BCUT2D eigenvalue weighted by molar-refractivity contribution is -0.117. The highest BCUT2D eigenvalue weighted by Gasteiger charge is 2.15. The van der Waals surface area contributed by atoms with Gasteiger partial charge in [0, 0.05) is 5.69 Å². The van der Waals surface area contributed by atoms with Gasteiger partial charge in [-0.1, -0.05) is 37.3 Å². The molecular weight excluding hydrogens is 264 g/mol. The zero-order chi connectivity index (χ0) is 15.2. The lowest BCUT2D eigenvalue weighted by Crippen LogP contribution is -2.37. The fourth-order valence-corrected chi connectivity index (χ4v) is 2.15. The maximum Gasteiger partial charge on any atom is 0.241 e. The molecule has 4 heteroatoms. The first-order valence-corrected chi connectivity index (χ1v) is 7.02. The number of carbonyl (C=O) groups is 1. The number of anilines is 1. The molecule has 1 amide bonds. The van der Waals surface area contributed by atoms with Gasteiger partial charge in [0.2, 0.25) is 5.91 Å². The van der Waals surface area contributed by atoms with Gasteiger partial charge < -0.3 is 16.2 Å². The predicted octanol–water partition coefficient (Wildman–Crippen LogP) is 2.46. The zero-order valence-corrected chi connectivity index (χ0v) is 12.0. The van der Waals surface area contributed by atoms with Crippen LogP contribution in [0, 0.1) is 0 Å². The first-order valence-electron chi connectivity index (χ1n) is 7.02. The summed E-state index contributed by atoms with van der Waals surface area (Å²) >= 11 is 0. The van der Waals surface area contributed by atoms with E-state index in [9.17, 15) is 9.90 Å². The number of hydrogen-bond donors (Lipinski definition) is 3. The second-order valence-corrected chi connectivity index (χ2v) is 4.98. The molecule has 2 aromatic rings. The number of nitrogens with two attached hydrogens (primary N) is 1. The standard InChI is InChI=1S/C17H20N2O2/c1-2-13-5-3-4-6-16(13)19-17(21)15(18)11-12-7-9-14(20)10-8-12/h3-10,15,20H,2,11,18H2,1H3,(H,19,21)/t15-/m1/s1. The van der Waals surface area contributed by atoms with Crippen molar-refractivity contribution in [3.8, 4) is 5.75 Å². The summed E-state index contributed by atoms with van der Waals surface area (Å²) in [6, 6.07) is 13.8. The predicted molar refractivity (Wildman–Crippen MR) is 84.2 cm³/mol. The number of carbonyl (C=O) groups excluding carboxylic acids is 1. The summed E-state index contributed by atoms with van der Waals surface area (Å²) < 4.78 is 0. The molecule has 21 heavy (non-hydrogen) atoms. The summed E-state index contributed by atoms with van der Waals surface area (Å²) in [5.74, 6) is -0.00220. The highest BCUT2D eigenvalue weighted by atomic mass is 16.3. The van der Waals surface area contributed by atoms with Crippen LogP contribution >= 0.6 is 0 Å². The van der Waals surface area contributed by atoms with Crippen LogP contribution in [0.4, 0.5) is 5.69 Å². The fraction of sp³-hybridized carbons (Fsp3) is 0.235. The number of nitrogens with one attached hydrogen (secondary N) is 1. The molecule has 0 spiro atoms. The van der Waals surface area contributed by atoms with Crippen molar-refractivity contribution < 1.29 is 9.90 Å². The molecule has 0 aliphatic heterocycles. The van der Waals surface area contributed by atoms with E-state index in [0.717, 1.165) is 23.2 Å². The second-order valence-electron chi connectivity index (χ2n) is 4.98. The van der Waals surface area contributed by atoms with E-state index in [4.69, 9.17) is 5.73 Å². The number of phenols is 1. The molecule has 0 aliphatic rings. The highest BCUT2D eigenvalue weighted by Crippen LogP contribution is 2.16. The summed E-state index contributed by atoms with van der Waals surface area (Å²) in [5.41, 5.74) is 8.77. The van der Waals surface area contributed by atoms with Crippen LogP contribution in [0.15, 0.2) is 48.5 Å². The Hall–Kier alpha value is -2.33. The van der Waals surface area contributed by atoms with Crippen molar-refractivity contribution in [1.82, 2.24) is 0 Å². The third kappa shape index (κ3) is 4.07. The molecule has 0 aromatic heterocycles. The molecule has 0 fully saturated rings. The van der Waals surface area contributed by atoms with Gasteiger partial charge in [-0.15, -0.1) is 0 Å². The fourth-order valence-electron chi connectivity index (χ4n) is 2.15. The third-order valence-electron chi connectivity index (χ3n) is 3.38. The van der Waals surface area contributed by atoms with Crippen LogP contribution in [0.2, 0.25) is 0 Å². The Bertz CT molecular complexity index is 608. The zero-order valence-electron chi connectivity index (χ0n) is 12.0. The lowest BCUT2D eigenvalue weighted by Gasteiger charge is -2.14. The van der Waals surface area contributed by atoms with Crippen molar-refractivity contribution in [2.75, 3.05) is 5.32 Å². The van der Waals surface area contributed by atoms with Crippen molar-refractivity contribution >= 4 is 11.6 Å². The molecule has 0 radical (unpaired) electrons. The minimum Gasteiger partial charge on any atom is -0.508 e. The highest BCUT2D eigenvalue weighted by molar-refractivity contribution is 5.95. The van der Waals surface area contributed by atoms with Crippen LogP contribution in [0.1, 0.15) is 18.1 Å². The van der Waals surface area contributed by atoms with E-state index < -0.39 is 6.04 Å². The van der Waals surface area contributed by atoms with Crippen LogP contribution in [0.3, 0.4) is 0 Å². The molecule has 2 rings (SSSR count). The summed E-state index contributed by atoms with van der Waals surface area (Å²) in [6.45, 7) is 2.04. The Morgan fingerprint density at radius 1 is 1.19 bits per heavy atom. The van der Waals surface area contributed by atoms with Gasteiger partial charge in [0.05, 0.1) is 6.04 Å². The van der Waals surface area contributed by atoms with Gasteiger partial charge in [0.1, 0.15) is 5.75 Å². The van der Waals surface area contributed by atoms with E-state index in [1.807, 2.05) is 31.2 Å². The van der Waals surface area contributed by atoms with E-state index in [1.165, 1.54) is 0 Å². The largest absolute Gasteiger partial charge is 0.508 e. The minimum atomic E-state index is -0.626.